The number of pyridine rings is 1. The molecule has 3 aromatic rings. The number of hydrogen-bond acceptors (Lipinski definition) is 5. The summed E-state index contributed by atoms with van der Waals surface area (Å²) in [4.78, 5) is 4.83. The van der Waals surface area contributed by atoms with Gasteiger partial charge < -0.3 is 9.50 Å². The van der Waals surface area contributed by atoms with Crippen LogP contribution in [-0.2, 0) is 10.1 Å². The van der Waals surface area contributed by atoms with Gasteiger partial charge in [-0.3, -0.25) is 4.40 Å². The Labute approximate surface area is 178 Å². The van der Waals surface area contributed by atoms with Gasteiger partial charge in [0.25, 0.3) is 0 Å². The number of benzene rings is 1. The van der Waals surface area contributed by atoms with Crippen LogP contribution in [0.1, 0.15) is 51.9 Å². The van der Waals surface area contributed by atoms with Crippen LogP contribution in [0, 0.1) is 0 Å². The molecule has 0 aliphatic heterocycles. The van der Waals surface area contributed by atoms with Crippen molar-refractivity contribution in [3.05, 3.63) is 48.7 Å². The number of aromatic nitrogens is 2. The summed E-state index contributed by atoms with van der Waals surface area (Å²) in [5, 5.41) is 3.72. The third-order valence-corrected chi connectivity index (χ3v) is 6.81. The van der Waals surface area contributed by atoms with E-state index in [4.69, 9.17) is 9.17 Å². The average molecular weight is 428 g/mol. The second-order valence-corrected chi connectivity index (χ2v) is 9.63. The van der Waals surface area contributed by atoms with E-state index in [1.165, 1.54) is 32.1 Å². The molecule has 7 heteroatoms. The maximum atomic E-state index is 12.1. The van der Waals surface area contributed by atoms with Crippen molar-refractivity contribution in [1.82, 2.24) is 9.38 Å². The number of hydrogen-bond donors (Lipinski definition) is 1. The summed E-state index contributed by atoms with van der Waals surface area (Å²) >= 11 is 0. The summed E-state index contributed by atoms with van der Waals surface area (Å²) in [6.07, 6.45) is 9.58. The molecule has 0 unspecified atom stereocenters. The van der Waals surface area contributed by atoms with Crippen molar-refractivity contribution in [3.63, 3.8) is 0 Å². The number of nitrogens with zero attached hydrogens (tertiary/aromatic N) is 2. The van der Waals surface area contributed by atoms with Gasteiger partial charge in [-0.25, -0.2) is 4.98 Å². The Hall–Kier alpha value is -2.54. The normalized spacial score (nSPS) is 15.4. The Morgan fingerprint density at radius 3 is 2.60 bits per heavy atom. The summed E-state index contributed by atoms with van der Waals surface area (Å²) in [5.41, 5.74) is 2.68. The lowest BCUT2D eigenvalue weighted by Gasteiger charge is -2.24. The van der Waals surface area contributed by atoms with Crippen LogP contribution in [0.2, 0.25) is 0 Å². The van der Waals surface area contributed by atoms with Crippen LogP contribution in [0.15, 0.2) is 48.7 Å². The van der Waals surface area contributed by atoms with Crippen LogP contribution >= 0.6 is 0 Å². The Morgan fingerprint density at radius 1 is 1.10 bits per heavy atom. The predicted octanol–water partition coefficient (Wildman–Crippen LogP) is 5.25. The molecule has 160 valence electrons. The van der Waals surface area contributed by atoms with Crippen molar-refractivity contribution in [2.75, 3.05) is 11.1 Å². The maximum Gasteiger partial charge on any atom is 0.309 e. The van der Waals surface area contributed by atoms with Gasteiger partial charge in [-0.2, -0.15) is 8.42 Å². The fourth-order valence-corrected chi connectivity index (χ4v) is 5.08. The predicted molar refractivity (Wildman–Crippen MR) is 120 cm³/mol. The first kappa shape index (κ1) is 20.7. The zero-order valence-corrected chi connectivity index (χ0v) is 18.2. The number of imidazole rings is 1. The Morgan fingerprint density at radius 2 is 1.87 bits per heavy atom. The fraction of sp³-hybridized carbons (Fsp3) is 0.435. The van der Waals surface area contributed by atoms with Gasteiger partial charge in [-0.05, 0) is 55.7 Å². The maximum absolute atomic E-state index is 12.1. The van der Waals surface area contributed by atoms with E-state index in [1.807, 2.05) is 43.5 Å². The average Bonchev–Trinajstić information content (AvgIpc) is 3.12. The second-order valence-electron chi connectivity index (χ2n) is 7.94. The molecular formula is C23H29N3O3S. The van der Waals surface area contributed by atoms with Crippen molar-refractivity contribution in [1.29, 1.82) is 0 Å². The number of nitrogens with one attached hydrogen (secondary N) is 1. The third-order valence-electron chi connectivity index (χ3n) is 5.57. The van der Waals surface area contributed by atoms with Gasteiger partial charge in [-0.15, -0.1) is 0 Å². The van der Waals surface area contributed by atoms with Crippen molar-refractivity contribution < 1.29 is 12.6 Å². The van der Waals surface area contributed by atoms with Crippen LogP contribution < -0.4 is 9.50 Å². The monoisotopic (exact) mass is 427 g/mol. The van der Waals surface area contributed by atoms with Crippen LogP contribution in [0.3, 0.4) is 0 Å². The SMILES string of the molecule is CCCCS(=O)(=O)Oc1ccc(-c2nc3ccccn3c2NC2CCCCC2)cc1. The molecule has 2 aromatic heterocycles. The van der Waals surface area contributed by atoms with Crippen LogP contribution in [0.5, 0.6) is 5.75 Å². The van der Waals surface area contributed by atoms with E-state index < -0.39 is 10.1 Å². The highest BCUT2D eigenvalue weighted by atomic mass is 32.2. The molecule has 0 atom stereocenters. The minimum Gasteiger partial charge on any atom is -0.382 e. The molecule has 30 heavy (non-hydrogen) atoms. The topological polar surface area (TPSA) is 72.7 Å². The van der Waals surface area contributed by atoms with Gasteiger partial charge >= 0.3 is 10.1 Å². The molecule has 0 spiro atoms. The van der Waals surface area contributed by atoms with Gasteiger partial charge in [0.1, 0.15) is 22.9 Å². The number of anilines is 1. The highest BCUT2D eigenvalue weighted by molar-refractivity contribution is 7.87. The van der Waals surface area contributed by atoms with Crippen LogP contribution in [0.4, 0.5) is 5.82 Å². The minimum atomic E-state index is -3.55. The summed E-state index contributed by atoms with van der Waals surface area (Å²) in [6, 6.07) is 13.6. The van der Waals surface area contributed by atoms with Crippen molar-refractivity contribution >= 4 is 21.6 Å². The first-order valence-corrected chi connectivity index (χ1v) is 12.4. The second kappa shape index (κ2) is 9.08. The molecule has 0 bridgehead atoms. The highest BCUT2D eigenvalue weighted by Gasteiger charge is 2.20. The zero-order valence-electron chi connectivity index (χ0n) is 17.4. The Kier molecular flexibility index (Phi) is 6.27. The minimum absolute atomic E-state index is 0.0349. The zero-order chi connectivity index (χ0) is 21.0. The van der Waals surface area contributed by atoms with Gasteiger partial charge in [0.2, 0.25) is 0 Å². The van der Waals surface area contributed by atoms with Gasteiger partial charge in [-0.1, -0.05) is 38.7 Å². The molecule has 1 aromatic carbocycles. The van der Waals surface area contributed by atoms with E-state index in [-0.39, 0.29) is 5.75 Å². The quantitative estimate of drug-likeness (QED) is 0.497. The molecule has 0 radical (unpaired) electrons. The van der Waals surface area contributed by atoms with Gasteiger partial charge in [0.15, 0.2) is 0 Å². The standard InChI is InChI=1S/C23H29N3O3S/c1-2-3-17-30(27,28)29-20-14-12-18(13-15-20)22-23(24-19-9-5-4-6-10-19)26-16-8-7-11-21(26)25-22/h7-8,11-16,19,24H,2-6,9-10,17H2,1H3. The third kappa shape index (κ3) is 4.78. The summed E-state index contributed by atoms with van der Waals surface area (Å²) < 4.78 is 31.4. The van der Waals surface area contributed by atoms with Crippen molar-refractivity contribution in [2.24, 2.45) is 0 Å². The summed E-state index contributed by atoms with van der Waals surface area (Å²) in [7, 11) is -3.55. The lowest BCUT2D eigenvalue weighted by Crippen LogP contribution is -2.23. The molecular weight excluding hydrogens is 398 g/mol. The number of fused-ring (bicyclic) bond motifs is 1. The summed E-state index contributed by atoms with van der Waals surface area (Å²) in [6.45, 7) is 1.96. The van der Waals surface area contributed by atoms with Gasteiger partial charge in [0.05, 0.1) is 5.75 Å². The van der Waals surface area contributed by atoms with E-state index in [1.54, 1.807) is 12.1 Å². The molecule has 2 heterocycles. The lowest BCUT2D eigenvalue weighted by molar-refractivity contribution is 0.462. The van der Waals surface area contributed by atoms with E-state index in [2.05, 4.69) is 9.72 Å². The molecule has 1 fully saturated rings. The van der Waals surface area contributed by atoms with Crippen molar-refractivity contribution in [2.45, 2.75) is 57.9 Å². The fourth-order valence-electron chi connectivity index (χ4n) is 3.95. The lowest BCUT2D eigenvalue weighted by atomic mass is 9.95. The largest absolute Gasteiger partial charge is 0.382 e. The van der Waals surface area contributed by atoms with E-state index in [9.17, 15) is 8.42 Å². The molecule has 1 saturated carbocycles. The van der Waals surface area contributed by atoms with E-state index in [0.29, 0.717) is 18.2 Å². The molecule has 4 rings (SSSR count). The first-order chi connectivity index (χ1) is 14.6. The molecule has 0 amide bonds. The molecule has 1 N–H and O–H groups in total. The Balaban J connectivity index is 1.61. The van der Waals surface area contributed by atoms with Crippen LogP contribution in [0.25, 0.3) is 16.9 Å². The van der Waals surface area contributed by atoms with Crippen LogP contribution in [-0.4, -0.2) is 29.6 Å². The van der Waals surface area contributed by atoms with Crippen molar-refractivity contribution in [3.8, 4) is 17.0 Å². The molecule has 1 aliphatic rings. The van der Waals surface area contributed by atoms with E-state index in [0.717, 1.165) is 29.1 Å². The van der Waals surface area contributed by atoms with E-state index >= 15 is 0 Å². The molecule has 6 nitrogen and oxygen atoms in total. The number of unbranched alkanes of at least 4 members (excludes halogenated alkanes) is 1. The van der Waals surface area contributed by atoms with Gasteiger partial charge in [0, 0.05) is 17.8 Å². The summed E-state index contributed by atoms with van der Waals surface area (Å²) in [5.74, 6) is 1.36. The smallest absolute Gasteiger partial charge is 0.309 e. The molecule has 1 aliphatic carbocycles. The first-order valence-electron chi connectivity index (χ1n) is 10.8. The Bertz CT molecular complexity index is 1080. The highest BCUT2D eigenvalue weighted by Crippen LogP contribution is 2.32. The number of rotatable bonds is 8. The molecule has 0 saturated heterocycles.